The molecule has 5 N–H and O–H groups in total. The van der Waals surface area contributed by atoms with Crippen LogP contribution in [-0.4, -0.2) is 27.4 Å². The molecule has 0 amide bonds. The van der Waals surface area contributed by atoms with Crippen molar-refractivity contribution in [2.45, 2.75) is 21.3 Å². The molecular weight excluding hydrogens is 332 g/mol. The van der Waals surface area contributed by atoms with Crippen LogP contribution in [-0.2, 0) is 4.79 Å². The summed E-state index contributed by atoms with van der Waals surface area (Å²) in [5.41, 5.74) is 1.17. The van der Waals surface area contributed by atoms with Gasteiger partial charge < -0.3 is 16.1 Å². The van der Waals surface area contributed by atoms with Crippen molar-refractivity contribution in [2.24, 2.45) is 0 Å². The maximum absolute atomic E-state index is 10.1. The number of aryl methyl sites for hydroxylation is 1. The summed E-state index contributed by atoms with van der Waals surface area (Å²) in [5, 5.41) is 11.6. The summed E-state index contributed by atoms with van der Waals surface area (Å²) in [6.45, 7) is 3.70. The predicted molar refractivity (Wildman–Crippen MR) is 102 cm³/mol. The highest BCUT2D eigenvalue weighted by Gasteiger charge is 1.91. The first-order chi connectivity index (χ1) is 9.60. The first kappa shape index (κ1) is 28.7. The Morgan fingerprint density at radius 1 is 1.26 bits per heavy atom. The highest BCUT2D eigenvalue weighted by atomic mass is 32.1. The minimum absolute atomic E-state index is 0. The zero-order chi connectivity index (χ0) is 15.2. The molecule has 0 aromatic carbocycles. The van der Waals surface area contributed by atoms with E-state index in [0.717, 1.165) is 11.0 Å². The second kappa shape index (κ2) is 19.6. The van der Waals surface area contributed by atoms with Gasteiger partial charge in [-0.25, -0.2) is 4.79 Å². The maximum atomic E-state index is 10.1. The van der Waals surface area contributed by atoms with Gasteiger partial charge >= 0.3 is 5.97 Å². The number of rotatable bonds is 2. The monoisotopic (exact) mass is 352 g/mol. The minimum atomic E-state index is -0.906. The molecule has 0 fully saturated rings. The molecule has 23 heavy (non-hydrogen) atoms. The van der Waals surface area contributed by atoms with E-state index < -0.39 is 5.97 Å². The molecule has 4 nitrogen and oxygen atoms in total. The van der Waals surface area contributed by atoms with Crippen LogP contribution in [0.4, 0.5) is 0 Å². The predicted octanol–water partition coefficient (Wildman–Crippen LogP) is 2.16. The van der Waals surface area contributed by atoms with Gasteiger partial charge in [0.15, 0.2) is 0 Å². The summed E-state index contributed by atoms with van der Waals surface area (Å²) < 4.78 is 0. The lowest BCUT2D eigenvalue weighted by Gasteiger charge is -1.79. The third-order valence-electron chi connectivity index (χ3n) is 1.58. The number of carbonyl (C=O) groups is 1. The highest BCUT2D eigenvalue weighted by molar-refractivity contribution is 7.79. The Morgan fingerprint density at radius 2 is 1.87 bits per heavy atom. The maximum Gasteiger partial charge on any atom is 0.328 e. The highest BCUT2D eigenvalue weighted by Crippen LogP contribution is 2.14. The van der Waals surface area contributed by atoms with Crippen molar-refractivity contribution in [1.82, 2.24) is 0 Å². The number of aliphatic carboxylic acids is 1. The Morgan fingerprint density at radius 3 is 2.30 bits per heavy atom. The topological polar surface area (TPSA) is 100 Å². The average Bonchev–Trinajstić information content (AvgIpc) is 2.83. The van der Waals surface area contributed by atoms with E-state index in [4.69, 9.17) is 5.11 Å². The van der Waals surface area contributed by atoms with Gasteiger partial charge in [-0.3, -0.25) is 0 Å². The van der Waals surface area contributed by atoms with Crippen LogP contribution < -0.4 is 0 Å². The van der Waals surface area contributed by atoms with Gasteiger partial charge in [0, 0.05) is 11.0 Å². The molecule has 0 spiro atoms. The van der Waals surface area contributed by atoms with Crippen molar-refractivity contribution < 1.29 is 20.9 Å². The molecule has 0 atom stereocenters. The van der Waals surface area contributed by atoms with Crippen molar-refractivity contribution >= 4 is 41.0 Å². The van der Waals surface area contributed by atoms with Crippen LogP contribution in [0.5, 0.6) is 0 Å². The van der Waals surface area contributed by atoms with Crippen molar-refractivity contribution in [1.29, 1.82) is 0 Å². The molecule has 1 heterocycles. The first-order valence-corrected chi connectivity index (χ1v) is 6.77. The molecule has 0 radical (unpaired) electrons. The lowest BCUT2D eigenvalue weighted by molar-refractivity contribution is -0.131. The van der Waals surface area contributed by atoms with E-state index in [1.54, 1.807) is 24.3 Å². The van der Waals surface area contributed by atoms with E-state index in [9.17, 15) is 4.79 Å². The fourth-order valence-corrected chi connectivity index (χ4v) is 1.73. The summed E-state index contributed by atoms with van der Waals surface area (Å²) in [6, 6.07) is 1.95. The quantitative estimate of drug-likeness (QED) is 0.501. The summed E-state index contributed by atoms with van der Waals surface area (Å²) in [7, 11) is 0. The largest absolute Gasteiger partial charge is 0.478 e. The smallest absolute Gasteiger partial charge is 0.328 e. The molecule has 0 aliphatic rings. The Bertz CT molecular complexity index is 668. The van der Waals surface area contributed by atoms with E-state index in [1.807, 2.05) is 18.4 Å². The van der Waals surface area contributed by atoms with E-state index in [2.05, 4.69) is 47.7 Å². The summed E-state index contributed by atoms with van der Waals surface area (Å²) in [4.78, 5) is 11.1. The summed E-state index contributed by atoms with van der Waals surface area (Å²) >= 11 is 5.97. The van der Waals surface area contributed by atoms with Crippen LogP contribution in [0, 0.1) is 42.4 Å². The Balaban J connectivity index is -0.000000141. The standard InChI is InChI=1S/C8H8O2S.C8H4S.CH4.2H2O/c1-6-4-7(11-5-6)2-3-8(9)10;1-2-3-4-5-6-7-8-9;;;/h2-5H,1H3,(H,9,10);8H,1H3;1H4;2*1H2/b3-2+;;;;. The molecule has 1 rings (SSSR count). The average molecular weight is 352 g/mol. The Hall–Kier alpha value is -2.40. The van der Waals surface area contributed by atoms with Crippen LogP contribution in [0.1, 0.15) is 24.8 Å². The molecule has 124 valence electrons. The lowest BCUT2D eigenvalue weighted by atomic mass is 10.3. The first-order valence-electron chi connectivity index (χ1n) is 5.42. The number of carboxylic acid groups (broad SMARTS) is 1. The molecule has 0 aliphatic carbocycles. The van der Waals surface area contributed by atoms with Gasteiger partial charge in [0.25, 0.3) is 0 Å². The van der Waals surface area contributed by atoms with Crippen LogP contribution in [0.15, 0.2) is 17.5 Å². The van der Waals surface area contributed by atoms with Gasteiger partial charge in [-0.2, -0.15) is 0 Å². The molecule has 0 bridgehead atoms. The molecule has 1 aromatic heterocycles. The minimum Gasteiger partial charge on any atom is -0.478 e. The summed E-state index contributed by atoms with van der Waals surface area (Å²) in [5.74, 6) is 14.3. The third kappa shape index (κ3) is 19.6. The van der Waals surface area contributed by atoms with Crippen molar-refractivity contribution in [3.63, 3.8) is 0 Å². The van der Waals surface area contributed by atoms with Gasteiger partial charge in [0.1, 0.15) is 0 Å². The molecular formula is C17H20O4S2. The zero-order valence-corrected chi connectivity index (χ0v) is 13.7. The van der Waals surface area contributed by atoms with E-state index in [1.165, 1.54) is 10.9 Å². The normalized spacial score (nSPS) is 6.70. The number of thiocarbonyl (C=S) groups is 1. The van der Waals surface area contributed by atoms with Gasteiger partial charge in [0.2, 0.25) is 0 Å². The summed E-state index contributed by atoms with van der Waals surface area (Å²) in [6.07, 6.45) is 2.74. The van der Waals surface area contributed by atoms with E-state index in [-0.39, 0.29) is 18.4 Å². The number of hydrogen-bond acceptors (Lipinski definition) is 3. The van der Waals surface area contributed by atoms with Crippen molar-refractivity contribution in [3.8, 4) is 35.5 Å². The zero-order valence-electron chi connectivity index (χ0n) is 12.1. The van der Waals surface area contributed by atoms with E-state index >= 15 is 0 Å². The third-order valence-corrected chi connectivity index (χ3v) is 2.72. The molecule has 0 saturated carbocycles. The number of carboxylic acids is 1. The Labute approximate surface area is 146 Å². The van der Waals surface area contributed by atoms with Crippen LogP contribution in [0.3, 0.4) is 0 Å². The molecule has 0 unspecified atom stereocenters. The second-order valence-electron chi connectivity index (χ2n) is 3.21. The second-order valence-corrected chi connectivity index (χ2v) is 4.39. The fraction of sp³-hybridized carbons (Fsp3) is 0.176. The molecule has 0 saturated heterocycles. The lowest BCUT2D eigenvalue weighted by Crippen LogP contribution is -1.84. The van der Waals surface area contributed by atoms with Crippen LogP contribution in [0.25, 0.3) is 6.08 Å². The Kier molecular flexibility index (Phi) is 24.5. The number of thiophene rings is 1. The number of hydrogen-bond donors (Lipinski definition) is 1. The van der Waals surface area contributed by atoms with Crippen LogP contribution in [0.2, 0.25) is 0 Å². The van der Waals surface area contributed by atoms with Gasteiger partial charge in [-0.05, 0) is 66.5 Å². The van der Waals surface area contributed by atoms with Crippen LogP contribution >= 0.6 is 23.6 Å². The van der Waals surface area contributed by atoms with E-state index in [0.29, 0.717) is 0 Å². The van der Waals surface area contributed by atoms with Crippen molar-refractivity contribution in [3.05, 3.63) is 28.0 Å². The molecule has 1 aromatic rings. The molecule has 0 aliphatic heterocycles. The van der Waals surface area contributed by atoms with Gasteiger partial charge in [-0.15, -0.1) is 11.3 Å². The van der Waals surface area contributed by atoms with Gasteiger partial charge in [0.05, 0.1) is 5.37 Å². The SMILES string of the molecule is C.CC#CC#CC#CC=S.Cc1csc(/C=C/C(=O)O)c1.O.O. The van der Waals surface area contributed by atoms with Gasteiger partial charge in [-0.1, -0.05) is 25.6 Å². The van der Waals surface area contributed by atoms with Crippen molar-refractivity contribution in [2.75, 3.05) is 0 Å². The fourth-order valence-electron chi connectivity index (χ4n) is 0.885. The molecule has 6 heteroatoms.